The van der Waals surface area contributed by atoms with Gasteiger partial charge in [-0.25, -0.2) is 8.78 Å². The lowest BCUT2D eigenvalue weighted by Gasteiger charge is -2.37. The highest BCUT2D eigenvalue weighted by atomic mass is 19.2. The second kappa shape index (κ2) is 8.60. The van der Waals surface area contributed by atoms with Crippen molar-refractivity contribution in [2.24, 2.45) is 5.92 Å². The Morgan fingerprint density at radius 1 is 1.12 bits per heavy atom. The molecule has 0 bridgehead atoms. The number of piperidine rings is 1. The van der Waals surface area contributed by atoms with Crippen LogP contribution in [-0.4, -0.2) is 29.3 Å². The van der Waals surface area contributed by atoms with Crippen LogP contribution in [0.25, 0.3) is 0 Å². The monoisotopic (exact) mass is 364 g/mol. The topological polar surface area (TPSA) is 49.4 Å². The van der Waals surface area contributed by atoms with Gasteiger partial charge < -0.3 is 10.2 Å². The summed E-state index contributed by atoms with van der Waals surface area (Å²) in [5.74, 6) is -2.18. The van der Waals surface area contributed by atoms with Gasteiger partial charge in [0.15, 0.2) is 11.6 Å². The molecule has 1 saturated heterocycles. The Morgan fingerprint density at radius 2 is 1.85 bits per heavy atom. The zero-order valence-electron chi connectivity index (χ0n) is 15.0. The molecule has 0 aromatic heterocycles. The molecule has 142 valence electrons. The molecule has 2 fully saturated rings. The highest BCUT2D eigenvalue weighted by molar-refractivity contribution is 5.84. The van der Waals surface area contributed by atoms with Crippen LogP contribution in [0.2, 0.25) is 0 Å². The van der Waals surface area contributed by atoms with Crippen LogP contribution in [0.15, 0.2) is 18.2 Å². The zero-order valence-corrected chi connectivity index (χ0v) is 15.0. The van der Waals surface area contributed by atoms with E-state index in [0.29, 0.717) is 19.4 Å². The molecule has 1 aromatic rings. The summed E-state index contributed by atoms with van der Waals surface area (Å²) >= 11 is 0. The molecule has 1 N–H and O–H groups in total. The second-order valence-electron chi connectivity index (χ2n) is 7.36. The van der Waals surface area contributed by atoms with E-state index < -0.39 is 11.6 Å². The van der Waals surface area contributed by atoms with Gasteiger partial charge in [0.05, 0.1) is 5.92 Å². The Balaban J connectivity index is 1.58. The number of rotatable bonds is 4. The number of carbonyl (C=O) groups excluding carboxylic acids is 2. The molecule has 1 aliphatic carbocycles. The Kier molecular flexibility index (Phi) is 6.22. The van der Waals surface area contributed by atoms with Crippen molar-refractivity contribution < 1.29 is 18.4 Å². The minimum absolute atomic E-state index is 0.0453. The molecule has 0 unspecified atom stereocenters. The maximum Gasteiger partial charge on any atom is 0.225 e. The van der Waals surface area contributed by atoms with Crippen LogP contribution in [0, 0.1) is 17.6 Å². The van der Waals surface area contributed by atoms with Gasteiger partial charge in [-0.1, -0.05) is 37.8 Å². The highest BCUT2D eigenvalue weighted by Crippen LogP contribution is 2.27. The van der Waals surface area contributed by atoms with Gasteiger partial charge in [-0.3, -0.25) is 9.59 Å². The van der Waals surface area contributed by atoms with E-state index >= 15 is 0 Å². The van der Waals surface area contributed by atoms with E-state index in [1.54, 1.807) is 0 Å². The summed E-state index contributed by atoms with van der Waals surface area (Å²) in [6.45, 7) is 0.386. The van der Waals surface area contributed by atoms with Crippen molar-refractivity contribution in [3.05, 3.63) is 35.4 Å². The van der Waals surface area contributed by atoms with Crippen LogP contribution < -0.4 is 5.32 Å². The summed E-state index contributed by atoms with van der Waals surface area (Å²) in [5.41, 5.74) is 0.130. The van der Waals surface area contributed by atoms with E-state index in [2.05, 4.69) is 5.32 Å². The maximum absolute atomic E-state index is 13.7. The number of nitrogens with zero attached hydrogens (tertiary/aromatic N) is 1. The van der Waals surface area contributed by atoms with Crippen molar-refractivity contribution in [3.63, 3.8) is 0 Å². The van der Waals surface area contributed by atoms with Crippen molar-refractivity contribution in [2.75, 3.05) is 6.54 Å². The summed E-state index contributed by atoms with van der Waals surface area (Å²) in [6, 6.07) is 4.17. The first-order valence-corrected chi connectivity index (χ1v) is 9.56. The van der Waals surface area contributed by atoms with Gasteiger partial charge in [0.1, 0.15) is 0 Å². The average Bonchev–Trinajstić information content (AvgIpc) is 2.92. The van der Waals surface area contributed by atoms with E-state index in [1.165, 1.54) is 25.0 Å². The van der Waals surface area contributed by atoms with Crippen molar-refractivity contribution in [3.8, 4) is 0 Å². The average molecular weight is 364 g/mol. The molecule has 2 aliphatic rings. The van der Waals surface area contributed by atoms with Gasteiger partial charge >= 0.3 is 0 Å². The lowest BCUT2D eigenvalue weighted by molar-refractivity contribution is -0.141. The van der Waals surface area contributed by atoms with Gasteiger partial charge in [0, 0.05) is 31.1 Å². The lowest BCUT2D eigenvalue weighted by Crippen LogP contribution is -2.49. The van der Waals surface area contributed by atoms with Crippen LogP contribution in [0.3, 0.4) is 0 Å². The number of hydrogen-bond donors (Lipinski definition) is 1. The molecule has 4 nitrogen and oxygen atoms in total. The van der Waals surface area contributed by atoms with E-state index in [-0.39, 0.29) is 35.9 Å². The van der Waals surface area contributed by atoms with Crippen LogP contribution >= 0.6 is 0 Å². The number of amides is 2. The minimum atomic E-state index is -0.924. The van der Waals surface area contributed by atoms with Crippen molar-refractivity contribution in [1.82, 2.24) is 10.2 Å². The number of halogens is 2. The Labute approximate surface area is 152 Å². The van der Waals surface area contributed by atoms with E-state index in [4.69, 9.17) is 0 Å². The molecule has 1 saturated carbocycles. The third kappa shape index (κ3) is 4.40. The van der Waals surface area contributed by atoms with Gasteiger partial charge in [-0.2, -0.15) is 0 Å². The molecule has 2 amide bonds. The van der Waals surface area contributed by atoms with Crippen molar-refractivity contribution in [1.29, 1.82) is 0 Å². The van der Waals surface area contributed by atoms with Crippen LogP contribution in [0.1, 0.15) is 56.9 Å². The molecular weight excluding hydrogens is 338 g/mol. The summed E-state index contributed by atoms with van der Waals surface area (Å²) in [7, 11) is 0. The number of likely N-dealkylation sites (tertiary alicyclic amines) is 1. The first kappa shape index (κ1) is 18.8. The smallest absolute Gasteiger partial charge is 0.225 e. The Bertz CT molecular complexity index is 657. The molecule has 1 aromatic carbocycles. The van der Waals surface area contributed by atoms with Crippen LogP contribution in [0.5, 0.6) is 0 Å². The standard InChI is InChI=1S/C20H26F2N2O2/c21-17-9-5-6-14(19(17)22)12-23-20(26)15-10-11-18(25)24(13-15)16-7-3-1-2-4-8-16/h5-6,9,15-16H,1-4,7-8,10-13H2,(H,23,26)/t15-/m0/s1. The summed E-state index contributed by atoms with van der Waals surface area (Å²) in [6.07, 6.45) is 7.59. The number of carbonyl (C=O) groups is 2. The summed E-state index contributed by atoms with van der Waals surface area (Å²) in [5, 5.41) is 2.70. The Hall–Kier alpha value is -1.98. The maximum atomic E-state index is 13.7. The van der Waals surface area contributed by atoms with Crippen LogP contribution in [0.4, 0.5) is 8.78 Å². The quantitative estimate of drug-likeness (QED) is 0.831. The fourth-order valence-electron chi connectivity index (χ4n) is 4.02. The SMILES string of the molecule is O=C(NCc1cccc(F)c1F)[C@H]1CCC(=O)N(C2CCCCCC2)C1. The number of nitrogens with one attached hydrogen (secondary N) is 1. The fourth-order valence-corrected chi connectivity index (χ4v) is 4.02. The van der Waals surface area contributed by atoms with Crippen molar-refractivity contribution >= 4 is 11.8 Å². The first-order chi connectivity index (χ1) is 12.6. The normalized spacial score (nSPS) is 22.2. The summed E-state index contributed by atoms with van der Waals surface area (Å²) in [4.78, 5) is 26.7. The number of hydrogen-bond acceptors (Lipinski definition) is 2. The van der Waals surface area contributed by atoms with Gasteiger partial charge in [-0.05, 0) is 25.3 Å². The van der Waals surface area contributed by atoms with Gasteiger partial charge in [-0.15, -0.1) is 0 Å². The van der Waals surface area contributed by atoms with E-state index in [1.807, 2.05) is 4.90 Å². The summed E-state index contributed by atoms with van der Waals surface area (Å²) < 4.78 is 27.0. The molecule has 1 heterocycles. The third-order valence-corrected chi connectivity index (χ3v) is 5.56. The number of benzene rings is 1. The molecule has 3 rings (SSSR count). The second-order valence-corrected chi connectivity index (χ2v) is 7.36. The van der Waals surface area contributed by atoms with E-state index in [9.17, 15) is 18.4 Å². The van der Waals surface area contributed by atoms with Gasteiger partial charge in [0.25, 0.3) is 0 Å². The van der Waals surface area contributed by atoms with Gasteiger partial charge in [0.2, 0.25) is 11.8 Å². The molecule has 1 aliphatic heterocycles. The predicted octanol–water partition coefficient (Wildman–Crippen LogP) is 3.54. The molecule has 1 atom stereocenters. The highest BCUT2D eigenvalue weighted by Gasteiger charge is 2.34. The van der Waals surface area contributed by atoms with E-state index in [0.717, 1.165) is 31.7 Å². The lowest BCUT2D eigenvalue weighted by atomic mass is 9.93. The minimum Gasteiger partial charge on any atom is -0.352 e. The first-order valence-electron chi connectivity index (χ1n) is 9.56. The molecular formula is C20H26F2N2O2. The molecule has 26 heavy (non-hydrogen) atoms. The molecule has 0 radical (unpaired) electrons. The van der Waals surface area contributed by atoms with Crippen molar-refractivity contribution in [2.45, 2.75) is 64.0 Å². The molecule has 0 spiro atoms. The third-order valence-electron chi connectivity index (χ3n) is 5.56. The Morgan fingerprint density at radius 3 is 2.58 bits per heavy atom. The van der Waals surface area contributed by atoms with Crippen LogP contribution in [-0.2, 0) is 16.1 Å². The largest absolute Gasteiger partial charge is 0.352 e. The molecule has 6 heteroatoms. The fraction of sp³-hybridized carbons (Fsp3) is 0.600. The predicted molar refractivity (Wildman–Crippen MR) is 94.1 cm³/mol. The zero-order chi connectivity index (χ0) is 18.5.